The first-order valence-corrected chi connectivity index (χ1v) is 10.1. The molecular formula is C22H20N4O2S. The van der Waals surface area contributed by atoms with E-state index in [0.717, 1.165) is 10.4 Å². The number of nitrogens with two attached hydrogens (primary N) is 1. The van der Waals surface area contributed by atoms with Crippen LogP contribution in [-0.4, -0.2) is 15.5 Å². The first-order chi connectivity index (χ1) is 14.1. The Morgan fingerprint density at radius 3 is 2.55 bits per heavy atom. The van der Waals surface area contributed by atoms with Crippen molar-refractivity contribution in [2.45, 2.75) is 19.1 Å². The van der Waals surface area contributed by atoms with Crippen molar-refractivity contribution in [3.05, 3.63) is 98.7 Å². The SMILES string of the molecule is NC(=O)Cn1c(CN[C@H](c2ccccc2)c2cccs2)nc2ccccc2c1=O. The third-order valence-corrected chi connectivity index (χ3v) is 5.62. The number of thiophene rings is 1. The number of nitrogens with zero attached hydrogens (tertiary/aromatic N) is 2. The number of primary amides is 1. The fourth-order valence-corrected chi connectivity index (χ4v) is 4.17. The molecule has 29 heavy (non-hydrogen) atoms. The third kappa shape index (κ3) is 4.11. The molecule has 4 aromatic rings. The van der Waals surface area contributed by atoms with Crippen molar-refractivity contribution >= 4 is 28.1 Å². The summed E-state index contributed by atoms with van der Waals surface area (Å²) in [5.74, 6) is -0.103. The third-order valence-electron chi connectivity index (χ3n) is 4.68. The Labute approximate surface area is 171 Å². The van der Waals surface area contributed by atoms with Gasteiger partial charge in [0.2, 0.25) is 5.91 Å². The Morgan fingerprint density at radius 2 is 1.83 bits per heavy atom. The number of benzene rings is 2. The number of carbonyl (C=O) groups excluding carboxylic acids is 1. The van der Waals surface area contributed by atoms with Crippen LogP contribution in [0, 0.1) is 0 Å². The maximum absolute atomic E-state index is 12.9. The van der Waals surface area contributed by atoms with E-state index in [0.29, 0.717) is 23.3 Å². The second kappa shape index (κ2) is 8.38. The van der Waals surface area contributed by atoms with E-state index in [9.17, 15) is 9.59 Å². The number of hydrogen-bond acceptors (Lipinski definition) is 5. The van der Waals surface area contributed by atoms with E-state index < -0.39 is 5.91 Å². The number of aromatic nitrogens is 2. The van der Waals surface area contributed by atoms with Crippen LogP contribution in [0.4, 0.5) is 0 Å². The topological polar surface area (TPSA) is 90.0 Å². The molecule has 4 rings (SSSR count). The maximum atomic E-state index is 12.9. The normalized spacial score (nSPS) is 12.1. The molecule has 7 heteroatoms. The molecule has 2 aromatic carbocycles. The summed E-state index contributed by atoms with van der Waals surface area (Å²) >= 11 is 1.66. The van der Waals surface area contributed by atoms with Crippen LogP contribution in [0.25, 0.3) is 10.9 Å². The van der Waals surface area contributed by atoms with Crippen LogP contribution < -0.4 is 16.6 Å². The number of amides is 1. The monoisotopic (exact) mass is 404 g/mol. The van der Waals surface area contributed by atoms with Crippen molar-refractivity contribution in [3.63, 3.8) is 0 Å². The molecule has 2 aromatic heterocycles. The van der Waals surface area contributed by atoms with E-state index >= 15 is 0 Å². The number of carbonyl (C=O) groups is 1. The van der Waals surface area contributed by atoms with Crippen molar-refractivity contribution < 1.29 is 4.79 Å². The molecule has 0 aliphatic heterocycles. The van der Waals surface area contributed by atoms with Crippen molar-refractivity contribution in [3.8, 4) is 0 Å². The summed E-state index contributed by atoms with van der Waals surface area (Å²) < 4.78 is 1.36. The van der Waals surface area contributed by atoms with Crippen LogP contribution >= 0.6 is 11.3 Å². The number of fused-ring (bicyclic) bond motifs is 1. The smallest absolute Gasteiger partial charge is 0.261 e. The molecule has 0 saturated heterocycles. The zero-order valence-corrected chi connectivity index (χ0v) is 16.4. The van der Waals surface area contributed by atoms with Gasteiger partial charge in [-0.05, 0) is 29.1 Å². The quantitative estimate of drug-likeness (QED) is 0.496. The largest absolute Gasteiger partial charge is 0.368 e. The molecule has 0 aliphatic rings. The molecule has 1 atom stereocenters. The van der Waals surface area contributed by atoms with Crippen LogP contribution in [0.5, 0.6) is 0 Å². The fraction of sp³-hybridized carbons (Fsp3) is 0.136. The summed E-state index contributed by atoms with van der Waals surface area (Å²) in [5, 5.41) is 6.00. The van der Waals surface area contributed by atoms with E-state index in [1.54, 1.807) is 29.5 Å². The minimum atomic E-state index is -0.580. The molecule has 2 heterocycles. The minimum Gasteiger partial charge on any atom is -0.368 e. The van der Waals surface area contributed by atoms with Gasteiger partial charge in [-0.15, -0.1) is 11.3 Å². The molecule has 0 saturated carbocycles. The van der Waals surface area contributed by atoms with Gasteiger partial charge in [-0.2, -0.15) is 0 Å². The number of para-hydroxylation sites is 1. The summed E-state index contributed by atoms with van der Waals surface area (Å²) in [6.07, 6.45) is 0. The highest BCUT2D eigenvalue weighted by Crippen LogP contribution is 2.26. The fourth-order valence-electron chi connectivity index (χ4n) is 3.34. The van der Waals surface area contributed by atoms with Gasteiger partial charge in [-0.1, -0.05) is 48.5 Å². The van der Waals surface area contributed by atoms with Gasteiger partial charge in [0.25, 0.3) is 5.56 Å². The second-order valence-electron chi connectivity index (χ2n) is 6.64. The van der Waals surface area contributed by atoms with E-state index in [1.807, 2.05) is 35.7 Å². The van der Waals surface area contributed by atoms with E-state index in [-0.39, 0.29) is 18.1 Å². The summed E-state index contributed by atoms with van der Waals surface area (Å²) in [6, 6.07) is 21.2. The molecule has 0 radical (unpaired) electrons. The predicted molar refractivity (Wildman–Crippen MR) is 115 cm³/mol. The number of rotatable bonds is 7. The standard InChI is InChI=1S/C22H20N4O2S/c23-19(27)14-26-20(25-17-10-5-4-9-16(17)22(26)28)13-24-21(18-11-6-12-29-18)15-7-2-1-3-8-15/h1-12,21,24H,13-14H2,(H2,23,27)/t21-/m1/s1. The molecule has 6 nitrogen and oxygen atoms in total. The van der Waals surface area contributed by atoms with Gasteiger partial charge >= 0.3 is 0 Å². The number of nitrogens with one attached hydrogen (secondary N) is 1. The van der Waals surface area contributed by atoms with Crippen molar-refractivity contribution in [1.29, 1.82) is 0 Å². The van der Waals surface area contributed by atoms with Gasteiger partial charge < -0.3 is 5.73 Å². The minimum absolute atomic E-state index is 0.0541. The Hall–Kier alpha value is -3.29. The second-order valence-corrected chi connectivity index (χ2v) is 7.62. The van der Waals surface area contributed by atoms with E-state index in [4.69, 9.17) is 5.73 Å². The van der Waals surface area contributed by atoms with Crippen LogP contribution in [0.3, 0.4) is 0 Å². The maximum Gasteiger partial charge on any atom is 0.261 e. The van der Waals surface area contributed by atoms with Crippen LogP contribution in [0.2, 0.25) is 0 Å². The summed E-state index contributed by atoms with van der Waals surface area (Å²) in [4.78, 5) is 30.3. The van der Waals surface area contributed by atoms with Gasteiger partial charge in [-0.25, -0.2) is 4.98 Å². The average Bonchev–Trinajstić information content (AvgIpc) is 3.26. The van der Waals surface area contributed by atoms with Crippen LogP contribution in [0.1, 0.15) is 22.3 Å². The molecule has 1 amide bonds. The van der Waals surface area contributed by atoms with Crippen molar-refractivity contribution in [2.24, 2.45) is 5.73 Å². The predicted octanol–water partition coefficient (Wildman–Crippen LogP) is 2.82. The molecule has 0 fully saturated rings. The first kappa shape index (κ1) is 19.0. The molecule has 146 valence electrons. The average molecular weight is 404 g/mol. The Kier molecular flexibility index (Phi) is 5.50. The molecular weight excluding hydrogens is 384 g/mol. The highest BCUT2D eigenvalue weighted by atomic mass is 32.1. The van der Waals surface area contributed by atoms with Crippen molar-refractivity contribution in [2.75, 3.05) is 0 Å². The Balaban J connectivity index is 1.72. The first-order valence-electron chi connectivity index (χ1n) is 9.22. The molecule has 0 bridgehead atoms. The highest BCUT2D eigenvalue weighted by molar-refractivity contribution is 7.10. The van der Waals surface area contributed by atoms with Crippen molar-refractivity contribution in [1.82, 2.24) is 14.9 Å². The lowest BCUT2D eigenvalue weighted by Gasteiger charge is -2.19. The van der Waals surface area contributed by atoms with Gasteiger partial charge in [0.15, 0.2) is 0 Å². The zero-order valence-electron chi connectivity index (χ0n) is 15.6. The lowest BCUT2D eigenvalue weighted by molar-refractivity contribution is -0.118. The molecule has 0 spiro atoms. The molecule has 3 N–H and O–H groups in total. The van der Waals surface area contributed by atoms with E-state index in [2.05, 4.69) is 28.5 Å². The lowest BCUT2D eigenvalue weighted by Crippen LogP contribution is -2.34. The lowest BCUT2D eigenvalue weighted by atomic mass is 10.1. The number of hydrogen-bond donors (Lipinski definition) is 2. The zero-order chi connectivity index (χ0) is 20.2. The highest BCUT2D eigenvalue weighted by Gasteiger charge is 2.17. The van der Waals surface area contributed by atoms with E-state index in [1.165, 1.54) is 4.57 Å². The Morgan fingerprint density at radius 1 is 1.07 bits per heavy atom. The van der Waals surface area contributed by atoms with Gasteiger partial charge in [0.05, 0.1) is 23.5 Å². The van der Waals surface area contributed by atoms with Gasteiger partial charge in [-0.3, -0.25) is 19.5 Å². The van der Waals surface area contributed by atoms with Gasteiger partial charge in [0, 0.05) is 4.88 Å². The molecule has 0 unspecified atom stereocenters. The van der Waals surface area contributed by atoms with Crippen LogP contribution in [-0.2, 0) is 17.9 Å². The summed E-state index contributed by atoms with van der Waals surface area (Å²) in [7, 11) is 0. The summed E-state index contributed by atoms with van der Waals surface area (Å²) in [6.45, 7) is 0.105. The Bertz CT molecular complexity index is 1190. The van der Waals surface area contributed by atoms with Gasteiger partial charge in [0.1, 0.15) is 12.4 Å². The summed E-state index contributed by atoms with van der Waals surface area (Å²) in [5.41, 5.74) is 6.83. The molecule has 0 aliphatic carbocycles. The van der Waals surface area contributed by atoms with Crippen LogP contribution in [0.15, 0.2) is 76.9 Å².